The van der Waals surface area contributed by atoms with Gasteiger partial charge < -0.3 is 20.2 Å². The van der Waals surface area contributed by atoms with Crippen LogP contribution in [-0.2, 0) is 6.42 Å². The average Bonchev–Trinajstić information content (AvgIpc) is 2.74. The molecule has 1 heterocycles. The zero-order valence-corrected chi connectivity index (χ0v) is 15.8. The van der Waals surface area contributed by atoms with Gasteiger partial charge in [0, 0.05) is 37.4 Å². The first kappa shape index (κ1) is 18.3. The SMILES string of the molecule is O=C(N[C@@H]1CCCc2ccccc21)c1cccc(N2CCN(C(=O)O)CC2)c1. The van der Waals surface area contributed by atoms with Crippen molar-refractivity contribution in [3.63, 3.8) is 0 Å². The molecular weight excluding hydrogens is 354 g/mol. The summed E-state index contributed by atoms with van der Waals surface area (Å²) in [7, 11) is 0. The molecule has 28 heavy (non-hydrogen) atoms. The van der Waals surface area contributed by atoms with Crippen molar-refractivity contribution < 1.29 is 14.7 Å². The maximum atomic E-state index is 12.9. The van der Waals surface area contributed by atoms with Crippen LogP contribution in [-0.4, -0.2) is 48.2 Å². The van der Waals surface area contributed by atoms with Gasteiger partial charge in [0.15, 0.2) is 0 Å². The number of carboxylic acid groups (broad SMARTS) is 1. The number of carbonyl (C=O) groups is 2. The first-order valence-electron chi connectivity index (χ1n) is 9.83. The standard InChI is InChI=1S/C22H25N3O3/c26-21(23-20-10-4-6-16-5-1-2-9-19(16)20)17-7-3-8-18(15-17)24-11-13-25(14-12-24)22(27)28/h1-3,5,7-9,15,20H,4,6,10-14H2,(H,23,26)(H,27,28)/t20-/m1/s1. The van der Waals surface area contributed by atoms with Crippen LogP contribution in [0.4, 0.5) is 10.5 Å². The molecule has 0 unspecified atom stereocenters. The first-order chi connectivity index (χ1) is 13.6. The van der Waals surface area contributed by atoms with E-state index < -0.39 is 6.09 Å². The van der Waals surface area contributed by atoms with E-state index in [9.17, 15) is 9.59 Å². The van der Waals surface area contributed by atoms with Gasteiger partial charge in [0.25, 0.3) is 5.91 Å². The average molecular weight is 379 g/mol. The van der Waals surface area contributed by atoms with Gasteiger partial charge in [0.1, 0.15) is 0 Å². The third-order valence-corrected chi connectivity index (χ3v) is 5.70. The number of anilines is 1. The number of rotatable bonds is 3. The van der Waals surface area contributed by atoms with Crippen molar-refractivity contribution in [3.8, 4) is 0 Å². The number of carbonyl (C=O) groups excluding carboxylic acids is 1. The number of nitrogens with zero attached hydrogens (tertiary/aromatic N) is 2. The maximum absolute atomic E-state index is 12.9. The number of fused-ring (bicyclic) bond motifs is 1. The van der Waals surface area contributed by atoms with E-state index in [1.165, 1.54) is 16.0 Å². The Morgan fingerprint density at radius 1 is 1.00 bits per heavy atom. The molecule has 0 saturated carbocycles. The molecule has 1 fully saturated rings. The predicted molar refractivity (Wildman–Crippen MR) is 108 cm³/mol. The molecule has 0 bridgehead atoms. The van der Waals surface area contributed by atoms with Crippen LogP contribution in [0, 0.1) is 0 Å². The summed E-state index contributed by atoms with van der Waals surface area (Å²) < 4.78 is 0. The fourth-order valence-electron chi connectivity index (χ4n) is 4.15. The summed E-state index contributed by atoms with van der Waals surface area (Å²) in [4.78, 5) is 27.5. The highest BCUT2D eigenvalue weighted by Crippen LogP contribution is 2.30. The lowest BCUT2D eigenvalue weighted by Crippen LogP contribution is -2.48. The highest BCUT2D eigenvalue weighted by molar-refractivity contribution is 5.95. The van der Waals surface area contributed by atoms with Crippen molar-refractivity contribution in [3.05, 3.63) is 65.2 Å². The second-order valence-corrected chi connectivity index (χ2v) is 7.42. The molecule has 6 nitrogen and oxygen atoms in total. The van der Waals surface area contributed by atoms with Gasteiger partial charge in [-0.25, -0.2) is 4.79 Å². The maximum Gasteiger partial charge on any atom is 0.407 e. The lowest BCUT2D eigenvalue weighted by Gasteiger charge is -2.34. The summed E-state index contributed by atoms with van der Waals surface area (Å²) >= 11 is 0. The predicted octanol–water partition coefficient (Wildman–Crippen LogP) is 3.29. The van der Waals surface area contributed by atoms with Crippen LogP contribution in [0.3, 0.4) is 0 Å². The van der Waals surface area contributed by atoms with Crippen LogP contribution in [0.2, 0.25) is 0 Å². The molecule has 0 radical (unpaired) electrons. The third kappa shape index (κ3) is 3.81. The molecule has 6 heteroatoms. The van der Waals surface area contributed by atoms with Crippen molar-refractivity contribution in [2.24, 2.45) is 0 Å². The van der Waals surface area contributed by atoms with E-state index in [4.69, 9.17) is 5.11 Å². The fraction of sp³-hybridized carbons (Fsp3) is 0.364. The molecule has 1 atom stereocenters. The van der Waals surface area contributed by atoms with E-state index in [1.807, 2.05) is 30.3 Å². The van der Waals surface area contributed by atoms with E-state index in [2.05, 4.69) is 28.4 Å². The Morgan fingerprint density at radius 2 is 1.79 bits per heavy atom. The van der Waals surface area contributed by atoms with E-state index in [0.717, 1.165) is 24.9 Å². The van der Waals surface area contributed by atoms with Gasteiger partial charge in [-0.2, -0.15) is 0 Å². The van der Waals surface area contributed by atoms with E-state index in [-0.39, 0.29) is 11.9 Å². The van der Waals surface area contributed by atoms with Gasteiger partial charge in [-0.1, -0.05) is 30.3 Å². The monoisotopic (exact) mass is 379 g/mol. The first-order valence-corrected chi connectivity index (χ1v) is 9.83. The number of piperazine rings is 1. The lowest BCUT2D eigenvalue weighted by atomic mass is 9.87. The number of hydrogen-bond acceptors (Lipinski definition) is 3. The number of benzene rings is 2. The Hall–Kier alpha value is -3.02. The molecule has 2 amide bonds. The Labute approximate surface area is 164 Å². The highest BCUT2D eigenvalue weighted by atomic mass is 16.4. The minimum absolute atomic E-state index is 0.0558. The minimum Gasteiger partial charge on any atom is -0.465 e. The van der Waals surface area contributed by atoms with Crippen LogP contribution in [0.5, 0.6) is 0 Å². The van der Waals surface area contributed by atoms with E-state index >= 15 is 0 Å². The minimum atomic E-state index is -0.874. The summed E-state index contributed by atoms with van der Waals surface area (Å²) in [5, 5.41) is 12.3. The van der Waals surface area contributed by atoms with E-state index in [0.29, 0.717) is 31.7 Å². The molecular formula is C22H25N3O3. The number of hydrogen-bond donors (Lipinski definition) is 2. The van der Waals surface area contributed by atoms with Gasteiger partial charge >= 0.3 is 6.09 Å². The summed E-state index contributed by atoms with van der Waals surface area (Å²) in [6.45, 7) is 2.22. The molecule has 0 spiro atoms. The topological polar surface area (TPSA) is 72.9 Å². The molecule has 2 aromatic rings. The lowest BCUT2D eigenvalue weighted by molar-refractivity contribution is 0.0932. The number of nitrogens with one attached hydrogen (secondary N) is 1. The van der Waals surface area contributed by atoms with Crippen molar-refractivity contribution in [2.75, 3.05) is 31.1 Å². The van der Waals surface area contributed by atoms with Crippen molar-refractivity contribution in [2.45, 2.75) is 25.3 Å². The van der Waals surface area contributed by atoms with Crippen molar-refractivity contribution in [1.29, 1.82) is 0 Å². The Bertz CT molecular complexity index is 875. The smallest absolute Gasteiger partial charge is 0.407 e. The number of aryl methyl sites for hydroxylation is 1. The third-order valence-electron chi connectivity index (χ3n) is 5.70. The molecule has 2 N–H and O–H groups in total. The molecule has 1 aliphatic heterocycles. The molecule has 2 aliphatic rings. The summed E-state index contributed by atoms with van der Waals surface area (Å²) in [6.07, 6.45) is 2.23. The Kier molecular flexibility index (Phi) is 5.19. The van der Waals surface area contributed by atoms with Gasteiger partial charge in [-0.05, 0) is 48.6 Å². The zero-order valence-electron chi connectivity index (χ0n) is 15.8. The van der Waals surface area contributed by atoms with Crippen LogP contribution in [0.15, 0.2) is 48.5 Å². The molecule has 1 saturated heterocycles. The van der Waals surface area contributed by atoms with Crippen molar-refractivity contribution in [1.82, 2.24) is 10.2 Å². The van der Waals surface area contributed by atoms with Crippen LogP contribution >= 0.6 is 0 Å². The molecule has 0 aromatic heterocycles. The number of amides is 2. The molecule has 146 valence electrons. The van der Waals surface area contributed by atoms with Crippen LogP contribution < -0.4 is 10.2 Å². The second-order valence-electron chi connectivity index (χ2n) is 7.42. The van der Waals surface area contributed by atoms with Crippen molar-refractivity contribution >= 4 is 17.7 Å². The quantitative estimate of drug-likeness (QED) is 0.858. The van der Waals surface area contributed by atoms with E-state index in [1.54, 1.807) is 0 Å². The largest absolute Gasteiger partial charge is 0.465 e. The molecule has 4 rings (SSSR count). The van der Waals surface area contributed by atoms with Crippen LogP contribution in [0.1, 0.15) is 40.4 Å². The summed E-state index contributed by atoms with van der Waals surface area (Å²) in [6, 6.07) is 16.0. The Balaban J connectivity index is 1.45. The van der Waals surface area contributed by atoms with Gasteiger partial charge in [-0.15, -0.1) is 0 Å². The molecule has 1 aliphatic carbocycles. The van der Waals surface area contributed by atoms with Gasteiger partial charge in [0.2, 0.25) is 0 Å². The Morgan fingerprint density at radius 3 is 2.57 bits per heavy atom. The fourth-order valence-corrected chi connectivity index (χ4v) is 4.15. The summed E-state index contributed by atoms with van der Waals surface area (Å²) in [5.41, 5.74) is 4.15. The van der Waals surface area contributed by atoms with Crippen LogP contribution in [0.25, 0.3) is 0 Å². The second kappa shape index (κ2) is 7.92. The normalized spacial score (nSPS) is 19.1. The summed E-state index contributed by atoms with van der Waals surface area (Å²) in [5.74, 6) is -0.0623. The van der Waals surface area contributed by atoms with Gasteiger partial charge in [-0.3, -0.25) is 4.79 Å². The highest BCUT2D eigenvalue weighted by Gasteiger charge is 2.23. The zero-order chi connectivity index (χ0) is 19.5. The van der Waals surface area contributed by atoms with Gasteiger partial charge in [0.05, 0.1) is 6.04 Å². The molecule has 2 aromatic carbocycles.